The van der Waals surface area contributed by atoms with Crippen molar-refractivity contribution in [3.63, 3.8) is 0 Å². The highest BCUT2D eigenvalue weighted by Crippen LogP contribution is 2.36. The maximum Gasteiger partial charge on any atom is 0.262 e. The number of para-hydroxylation sites is 1. The summed E-state index contributed by atoms with van der Waals surface area (Å²) in [7, 11) is 0. The van der Waals surface area contributed by atoms with Gasteiger partial charge in [-0.1, -0.05) is 18.2 Å². The topological polar surface area (TPSA) is 74.3 Å². The molecule has 0 aliphatic carbocycles. The number of hydrogen-bond acceptors (Lipinski definition) is 4. The third-order valence-electron chi connectivity index (χ3n) is 4.35. The Bertz CT molecular complexity index is 987. The van der Waals surface area contributed by atoms with Crippen LogP contribution in [0.3, 0.4) is 0 Å². The van der Waals surface area contributed by atoms with Crippen LogP contribution >= 0.6 is 0 Å². The molecular formula is C21H18N4O2. The molecule has 1 aliphatic rings. The third-order valence-corrected chi connectivity index (χ3v) is 4.35. The van der Waals surface area contributed by atoms with Crippen LogP contribution < -0.4 is 15.5 Å². The average molecular weight is 358 g/mol. The molecule has 0 saturated heterocycles. The molecule has 4 rings (SSSR count). The first-order valence-corrected chi connectivity index (χ1v) is 8.61. The Kier molecular flexibility index (Phi) is 4.30. The lowest BCUT2D eigenvalue weighted by atomic mass is 10.2. The van der Waals surface area contributed by atoms with E-state index in [1.165, 1.54) is 6.92 Å². The molecule has 2 N–H and O–H groups in total. The normalized spacial score (nSPS) is 15.4. The second kappa shape index (κ2) is 6.92. The molecule has 2 aromatic carbocycles. The van der Waals surface area contributed by atoms with Gasteiger partial charge in [-0.25, -0.2) is 0 Å². The second-order valence-corrected chi connectivity index (χ2v) is 6.25. The van der Waals surface area contributed by atoms with Gasteiger partial charge < -0.3 is 10.6 Å². The van der Waals surface area contributed by atoms with Gasteiger partial charge >= 0.3 is 0 Å². The molecule has 0 fully saturated rings. The summed E-state index contributed by atoms with van der Waals surface area (Å²) < 4.78 is 0. The number of rotatable bonds is 4. The molecule has 1 atom stereocenters. The number of aromatic nitrogens is 1. The Morgan fingerprint density at radius 3 is 2.37 bits per heavy atom. The van der Waals surface area contributed by atoms with Gasteiger partial charge in [0.1, 0.15) is 0 Å². The van der Waals surface area contributed by atoms with E-state index in [9.17, 15) is 9.59 Å². The van der Waals surface area contributed by atoms with Gasteiger partial charge in [-0.15, -0.1) is 0 Å². The van der Waals surface area contributed by atoms with Crippen LogP contribution in [0.1, 0.15) is 29.1 Å². The number of carbonyl (C=O) groups is 2. The average Bonchev–Trinajstić information content (AvgIpc) is 2.96. The van der Waals surface area contributed by atoms with E-state index in [-0.39, 0.29) is 11.8 Å². The first-order chi connectivity index (χ1) is 13.1. The number of nitrogens with zero attached hydrogens (tertiary/aromatic N) is 2. The monoisotopic (exact) mass is 358 g/mol. The van der Waals surface area contributed by atoms with E-state index in [4.69, 9.17) is 0 Å². The Hall–Kier alpha value is -3.67. The van der Waals surface area contributed by atoms with E-state index >= 15 is 0 Å². The summed E-state index contributed by atoms with van der Waals surface area (Å²) in [5, 5.41) is 6.13. The minimum Gasteiger partial charge on any atom is -0.360 e. The number of anilines is 3. The largest absolute Gasteiger partial charge is 0.360 e. The predicted octanol–water partition coefficient (Wildman–Crippen LogP) is 3.81. The maximum absolute atomic E-state index is 13.0. The summed E-state index contributed by atoms with van der Waals surface area (Å²) in [5.41, 5.74) is 3.62. The number of hydrogen-bond donors (Lipinski definition) is 2. The molecule has 0 unspecified atom stereocenters. The lowest BCUT2D eigenvalue weighted by Gasteiger charge is -2.26. The van der Waals surface area contributed by atoms with E-state index < -0.39 is 6.17 Å². The summed E-state index contributed by atoms with van der Waals surface area (Å²) in [5.74, 6) is -0.206. The van der Waals surface area contributed by atoms with E-state index in [1.807, 2.05) is 54.6 Å². The van der Waals surface area contributed by atoms with Gasteiger partial charge in [0, 0.05) is 30.2 Å². The molecule has 1 aliphatic heterocycles. The standard InChI is InChI=1S/C21H18N4O2/c1-14(26)23-15-9-11-16(12-10-15)24-20-19-18(8-5-13-22-19)21(27)25(20)17-6-3-2-4-7-17/h2-13,20,24H,1H3,(H,23,26)/t20-/m1/s1. The lowest BCUT2D eigenvalue weighted by molar-refractivity contribution is -0.114. The summed E-state index contributed by atoms with van der Waals surface area (Å²) in [6, 6.07) is 20.4. The van der Waals surface area contributed by atoms with Crippen LogP contribution in [0.4, 0.5) is 17.1 Å². The van der Waals surface area contributed by atoms with Gasteiger partial charge in [-0.3, -0.25) is 19.5 Å². The van der Waals surface area contributed by atoms with Crippen LogP contribution in [0.25, 0.3) is 0 Å². The van der Waals surface area contributed by atoms with Gasteiger partial charge in [0.05, 0.1) is 11.3 Å². The highest BCUT2D eigenvalue weighted by Gasteiger charge is 2.38. The van der Waals surface area contributed by atoms with E-state index in [0.29, 0.717) is 16.9 Å². The molecule has 27 heavy (non-hydrogen) atoms. The van der Waals surface area contributed by atoms with Gasteiger partial charge in [-0.05, 0) is 48.5 Å². The van der Waals surface area contributed by atoms with Crippen LogP contribution in [0.15, 0.2) is 72.9 Å². The highest BCUT2D eigenvalue weighted by molar-refractivity contribution is 6.11. The molecule has 6 heteroatoms. The second-order valence-electron chi connectivity index (χ2n) is 6.25. The van der Waals surface area contributed by atoms with Crippen molar-refractivity contribution in [2.45, 2.75) is 13.1 Å². The molecular weight excluding hydrogens is 340 g/mol. The minimum atomic E-state index is -0.414. The molecule has 2 heterocycles. The van der Waals surface area contributed by atoms with E-state index in [0.717, 1.165) is 11.4 Å². The van der Waals surface area contributed by atoms with Crippen LogP contribution in [0.5, 0.6) is 0 Å². The number of nitrogens with one attached hydrogen (secondary N) is 2. The SMILES string of the molecule is CC(=O)Nc1ccc(N[C@H]2c3ncccc3C(=O)N2c2ccccc2)cc1. The van der Waals surface area contributed by atoms with Crippen molar-refractivity contribution in [3.05, 3.63) is 84.2 Å². The molecule has 1 aromatic heterocycles. The highest BCUT2D eigenvalue weighted by atomic mass is 16.2. The smallest absolute Gasteiger partial charge is 0.262 e. The van der Waals surface area contributed by atoms with Crippen molar-refractivity contribution in [3.8, 4) is 0 Å². The fourth-order valence-corrected chi connectivity index (χ4v) is 3.18. The number of fused-ring (bicyclic) bond motifs is 1. The van der Waals surface area contributed by atoms with Crippen molar-refractivity contribution in [1.29, 1.82) is 0 Å². The fourth-order valence-electron chi connectivity index (χ4n) is 3.18. The van der Waals surface area contributed by atoms with Crippen molar-refractivity contribution < 1.29 is 9.59 Å². The Balaban J connectivity index is 1.68. The minimum absolute atomic E-state index is 0.0864. The Morgan fingerprint density at radius 1 is 0.963 bits per heavy atom. The fraction of sp³-hybridized carbons (Fsp3) is 0.0952. The van der Waals surface area contributed by atoms with Gasteiger partial charge in [0.2, 0.25) is 5.91 Å². The number of benzene rings is 2. The quantitative estimate of drug-likeness (QED) is 0.744. The first-order valence-electron chi connectivity index (χ1n) is 8.61. The molecule has 0 saturated carbocycles. The summed E-state index contributed by atoms with van der Waals surface area (Å²) >= 11 is 0. The van der Waals surface area contributed by atoms with Crippen molar-refractivity contribution in [1.82, 2.24) is 4.98 Å². The van der Waals surface area contributed by atoms with Crippen LogP contribution in [0, 0.1) is 0 Å². The van der Waals surface area contributed by atoms with Gasteiger partial charge in [0.15, 0.2) is 6.17 Å². The lowest BCUT2D eigenvalue weighted by Crippen LogP contribution is -2.32. The third kappa shape index (κ3) is 3.25. The molecule has 3 aromatic rings. The van der Waals surface area contributed by atoms with E-state index in [1.54, 1.807) is 23.2 Å². The van der Waals surface area contributed by atoms with Crippen molar-refractivity contribution in [2.24, 2.45) is 0 Å². The summed E-state index contributed by atoms with van der Waals surface area (Å²) in [4.78, 5) is 30.3. The Morgan fingerprint density at radius 2 is 1.67 bits per heavy atom. The molecule has 2 amide bonds. The summed E-state index contributed by atoms with van der Waals surface area (Å²) in [6.45, 7) is 1.47. The van der Waals surface area contributed by atoms with E-state index in [2.05, 4.69) is 15.6 Å². The molecule has 134 valence electrons. The Labute approximate surface area is 156 Å². The summed E-state index contributed by atoms with van der Waals surface area (Å²) in [6.07, 6.45) is 1.28. The zero-order valence-corrected chi connectivity index (χ0v) is 14.7. The van der Waals surface area contributed by atoms with Gasteiger partial charge in [0.25, 0.3) is 5.91 Å². The zero-order valence-electron chi connectivity index (χ0n) is 14.7. The number of pyridine rings is 1. The molecule has 0 spiro atoms. The van der Waals surface area contributed by atoms with Crippen molar-refractivity contribution in [2.75, 3.05) is 15.5 Å². The van der Waals surface area contributed by atoms with Gasteiger partial charge in [-0.2, -0.15) is 0 Å². The van der Waals surface area contributed by atoms with Crippen LogP contribution in [-0.2, 0) is 4.79 Å². The van der Waals surface area contributed by atoms with Crippen LogP contribution in [0.2, 0.25) is 0 Å². The first kappa shape index (κ1) is 16.8. The van der Waals surface area contributed by atoms with Crippen LogP contribution in [-0.4, -0.2) is 16.8 Å². The number of carbonyl (C=O) groups excluding carboxylic acids is 2. The number of amides is 2. The molecule has 0 bridgehead atoms. The maximum atomic E-state index is 13.0. The molecule has 0 radical (unpaired) electrons. The van der Waals surface area contributed by atoms with Crippen molar-refractivity contribution >= 4 is 28.9 Å². The molecule has 6 nitrogen and oxygen atoms in total. The predicted molar refractivity (Wildman–Crippen MR) is 105 cm³/mol. The zero-order chi connectivity index (χ0) is 18.8.